The number of hydrogen-bond acceptors (Lipinski definition) is 1. The molecule has 0 aliphatic carbocycles. The smallest absolute Gasteiger partial charge is 0.137 e. The van der Waals surface area contributed by atoms with Gasteiger partial charge in [-0.3, -0.25) is 0 Å². The fourth-order valence-electron chi connectivity index (χ4n) is 1.14. The topological polar surface area (TPSA) is 9.23 Å². The van der Waals surface area contributed by atoms with Crippen molar-refractivity contribution in [2.24, 2.45) is 0 Å². The lowest BCUT2D eigenvalue weighted by molar-refractivity contribution is 0.305. The third-order valence-corrected chi connectivity index (χ3v) is 2.85. The summed E-state index contributed by atoms with van der Waals surface area (Å²) in [6, 6.07) is 5.92. The molecule has 0 saturated carbocycles. The van der Waals surface area contributed by atoms with Gasteiger partial charge < -0.3 is 4.74 Å². The maximum atomic E-state index is 5.82. The number of hydrogen-bond donors (Lipinski definition) is 0. The van der Waals surface area contributed by atoms with E-state index in [0.29, 0.717) is 5.88 Å². The molecular weight excluding hydrogens is 263 g/mol. The molecule has 0 fully saturated rings. The molecule has 0 amide bonds. The van der Waals surface area contributed by atoms with Gasteiger partial charge in [0.25, 0.3) is 0 Å². The van der Waals surface area contributed by atoms with Crippen LogP contribution in [0.4, 0.5) is 0 Å². The minimum absolute atomic E-state index is 0.487. The second-order valence-corrected chi connectivity index (χ2v) is 4.19. The summed E-state index contributed by atoms with van der Waals surface area (Å²) in [5.74, 6) is 1.37. The summed E-state index contributed by atoms with van der Waals surface area (Å²) in [6.45, 7) is 2.90. The fourth-order valence-corrected chi connectivity index (χ4v) is 1.87. The van der Waals surface area contributed by atoms with Crippen LogP contribution in [0.25, 0.3) is 0 Å². The molecule has 0 aromatic heterocycles. The largest absolute Gasteiger partial charge is 0.492 e. The fraction of sp³-hybridized carbons (Fsp3) is 0.455. The van der Waals surface area contributed by atoms with Crippen LogP contribution in [0.2, 0.25) is 0 Å². The van der Waals surface area contributed by atoms with Crippen molar-refractivity contribution in [1.29, 1.82) is 0 Å². The normalized spacial score (nSPS) is 10.2. The summed E-state index contributed by atoms with van der Waals surface area (Å²) >= 11 is 9.27. The van der Waals surface area contributed by atoms with Crippen molar-refractivity contribution in [3.8, 4) is 5.75 Å². The van der Waals surface area contributed by atoms with Crippen LogP contribution < -0.4 is 4.74 Å². The first-order chi connectivity index (χ1) is 6.79. The van der Waals surface area contributed by atoms with Gasteiger partial charge in [0.05, 0.1) is 17.0 Å². The summed E-state index contributed by atoms with van der Waals surface area (Å²) in [7, 11) is 0. The van der Waals surface area contributed by atoms with Gasteiger partial charge in [-0.1, -0.05) is 25.5 Å². The molecule has 14 heavy (non-hydrogen) atoms. The number of ether oxygens (including phenoxy) is 1. The average Bonchev–Trinajstić information content (AvgIpc) is 2.20. The van der Waals surface area contributed by atoms with Crippen molar-refractivity contribution >= 4 is 27.5 Å². The molecule has 78 valence electrons. The van der Waals surface area contributed by atoms with Gasteiger partial charge in [0.2, 0.25) is 0 Å². The molecule has 0 spiro atoms. The molecule has 1 nitrogen and oxygen atoms in total. The summed E-state index contributed by atoms with van der Waals surface area (Å²) in [5.41, 5.74) is 1.04. The summed E-state index contributed by atoms with van der Waals surface area (Å²) in [5, 5.41) is 0. The monoisotopic (exact) mass is 276 g/mol. The first-order valence-corrected chi connectivity index (χ1v) is 6.08. The van der Waals surface area contributed by atoms with E-state index in [4.69, 9.17) is 16.3 Å². The van der Waals surface area contributed by atoms with Gasteiger partial charge in [-0.05, 0) is 28.4 Å². The number of benzene rings is 1. The number of para-hydroxylation sites is 1. The van der Waals surface area contributed by atoms with E-state index in [1.807, 2.05) is 18.2 Å². The zero-order valence-electron chi connectivity index (χ0n) is 8.22. The lowest BCUT2D eigenvalue weighted by atomic mass is 10.2. The highest BCUT2D eigenvalue weighted by molar-refractivity contribution is 9.10. The Bertz CT molecular complexity index is 289. The van der Waals surface area contributed by atoms with E-state index in [0.717, 1.165) is 35.2 Å². The molecule has 0 N–H and O–H groups in total. The summed E-state index contributed by atoms with van der Waals surface area (Å²) in [4.78, 5) is 0. The predicted molar refractivity (Wildman–Crippen MR) is 64.1 cm³/mol. The van der Waals surface area contributed by atoms with Crippen LogP contribution in [0.5, 0.6) is 5.75 Å². The quantitative estimate of drug-likeness (QED) is 0.574. The van der Waals surface area contributed by atoms with Gasteiger partial charge >= 0.3 is 0 Å². The molecule has 0 unspecified atom stereocenters. The van der Waals surface area contributed by atoms with Gasteiger partial charge in [0, 0.05) is 5.56 Å². The number of rotatable bonds is 5. The molecule has 0 aliphatic rings. The Morgan fingerprint density at radius 3 is 2.86 bits per heavy atom. The predicted octanol–water partition coefficient (Wildman–Crippen LogP) is 4.37. The van der Waals surface area contributed by atoms with Crippen molar-refractivity contribution in [2.75, 3.05) is 6.61 Å². The zero-order valence-corrected chi connectivity index (χ0v) is 10.6. The zero-order chi connectivity index (χ0) is 10.4. The molecule has 0 bridgehead atoms. The highest BCUT2D eigenvalue weighted by Crippen LogP contribution is 2.30. The molecular formula is C11H14BrClO. The molecule has 0 atom stereocenters. The van der Waals surface area contributed by atoms with Crippen LogP contribution >= 0.6 is 27.5 Å². The lowest BCUT2D eigenvalue weighted by Gasteiger charge is -2.11. The van der Waals surface area contributed by atoms with E-state index in [2.05, 4.69) is 22.9 Å². The van der Waals surface area contributed by atoms with Crippen LogP contribution in [0.1, 0.15) is 25.3 Å². The van der Waals surface area contributed by atoms with E-state index < -0.39 is 0 Å². The summed E-state index contributed by atoms with van der Waals surface area (Å²) in [6.07, 6.45) is 2.21. The Kier molecular flexibility index (Phi) is 5.34. The van der Waals surface area contributed by atoms with Gasteiger partial charge in [0.1, 0.15) is 5.75 Å². The Balaban J connectivity index is 2.72. The van der Waals surface area contributed by atoms with Gasteiger partial charge in [-0.2, -0.15) is 0 Å². The highest BCUT2D eigenvalue weighted by atomic mass is 79.9. The van der Waals surface area contributed by atoms with Crippen LogP contribution in [0, 0.1) is 0 Å². The van der Waals surface area contributed by atoms with E-state index in [9.17, 15) is 0 Å². The molecule has 1 aromatic carbocycles. The minimum Gasteiger partial charge on any atom is -0.492 e. The average molecular weight is 278 g/mol. The molecule has 1 aromatic rings. The van der Waals surface area contributed by atoms with Crippen LogP contribution in [-0.4, -0.2) is 6.61 Å². The van der Waals surface area contributed by atoms with Crippen molar-refractivity contribution in [2.45, 2.75) is 25.6 Å². The van der Waals surface area contributed by atoms with E-state index in [-0.39, 0.29) is 0 Å². The number of alkyl halides is 1. The van der Waals surface area contributed by atoms with E-state index in [1.54, 1.807) is 0 Å². The van der Waals surface area contributed by atoms with Crippen molar-refractivity contribution in [3.05, 3.63) is 28.2 Å². The van der Waals surface area contributed by atoms with E-state index in [1.165, 1.54) is 0 Å². The molecule has 0 aliphatic heterocycles. The van der Waals surface area contributed by atoms with Crippen molar-refractivity contribution < 1.29 is 4.74 Å². The first-order valence-electron chi connectivity index (χ1n) is 4.75. The Hall–Kier alpha value is -0.210. The summed E-state index contributed by atoms with van der Waals surface area (Å²) < 4.78 is 6.65. The molecule has 0 saturated heterocycles. The van der Waals surface area contributed by atoms with Gasteiger partial charge in [0.15, 0.2) is 0 Å². The van der Waals surface area contributed by atoms with E-state index >= 15 is 0 Å². The van der Waals surface area contributed by atoms with Crippen molar-refractivity contribution in [1.82, 2.24) is 0 Å². The SMILES string of the molecule is CCCCOc1c(Br)cccc1CCl. The highest BCUT2D eigenvalue weighted by Gasteiger charge is 2.06. The molecule has 0 heterocycles. The van der Waals surface area contributed by atoms with Crippen LogP contribution in [0.15, 0.2) is 22.7 Å². The van der Waals surface area contributed by atoms with Crippen LogP contribution in [0.3, 0.4) is 0 Å². The third-order valence-electron chi connectivity index (χ3n) is 1.94. The molecule has 0 radical (unpaired) electrons. The number of unbranched alkanes of at least 4 members (excludes halogenated alkanes) is 1. The van der Waals surface area contributed by atoms with Gasteiger partial charge in [-0.15, -0.1) is 11.6 Å². The Labute approximate surface area is 98.5 Å². The third kappa shape index (κ3) is 3.18. The minimum atomic E-state index is 0.487. The van der Waals surface area contributed by atoms with Crippen molar-refractivity contribution in [3.63, 3.8) is 0 Å². The second kappa shape index (κ2) is 6.31. The molecule has 3 heteroatoms. The second-order valence-electron chi connectivity index (χ2n) is 3.06. The van der Waals surface area contributed by atoms with Gasteiger partial charge in [-0.25, -0.2) is 0 Å². The Morgan fingerprint density at radius 1 is 1.43 bits per heavy atom. The molecule has 1 rings (SSSR count). The Morgan fingerprint density at radius 2 is 2.21 bits per heavy atom. The standard InChI is InChI=1S/C11H14BrClO/c1-2-3-7-14-11-9(8-13)5-4-6-10(11)12/h4-6H,2-3,7-8H2,1H3. The first kappa shape index (κ1) is 11.9. The maximum absolute atomic E-state index is 5.82. The number of halogens is 2. The van der Waals surface area contributed by atoms with Crippen LogP contribution in [-0.2, 0) is 5.88 Å². The lowest BCUT2D eigenvalue weighted by Crippen LogP contribution is -1.99. The maximum Gasteiger partial charge on any atom is 0.137 e.